The van der Waals surface area contributed by atoms with Gasteiger partial charge in [-0.05, 0) is 18.9 Å². The van der Waals surface area contributed by atoms with Gasteiger partial charge >= 0.3 is 0 Å². The summed E-state index contributed by atoms with van der Waals surface area (Å²) in [4.78, 5) is 42.8. The van der Waals surface area contributed by atoms with Crippen LogP contribution in [-0.4, -0.2) is 77.1 Å². The molecule has 2 amide bonds. The summed E-state index contributed by atoms with van der Waals surface area (Å²) < 4.78 is 13.3. The molecule has 33 heavy (non-hydrogen) atoms. The lowest BCUT2D eigenvalue weighted by molar-refractivity contribution is -0.186. The molecule has 0 saturated carbocycles. The van der Waals surface area contributed by atoms with Gasteiger partial charge in [-0.1, -0.05) is 31.0 Å². The molecule has 3 aliphatic rings. The number of piperidine rings is 1. The number of ether oxygens (including phenoxy) is 2. The molecule has 1 aromatic heterocycles. The predicted molar refractivity (Wildman–Crippen MR) is 122 cm³/mol. The van der Waals surface area contributed by atoms with Gasteiger partial charge in [0.25, 0.3) is 11.7 Å². The third-order valence-electron chi connectivity index (χ3n) is 7.12. The van der Waals surface area contributed by atoms with E-state index in [0.717, 1.165) is 44.3 Å². The number of rotatable bonds is 4. The van der Waals surface area contributed by atoms with Crippen LogP contribution in [0.3, 0.4) is 0 Å². The van der Waals surface area contributed by atoms with Crippen LogP contribution in [0, 0.1) is 0 Å². The van der Waals surface area contributed by atoms with Crippen molar-refractivity contribution < 1.29 is 23.9 Å². The maximum absolute atomic E-state index is 13.3. The first-order valence-electron chi connectivity index (χ1n) is 12.0. The van der Waals surface area contributed by atoms with E-state index in [1.54, 1.807) is 11.1 Å². The van der Waals surface area contributed by atoms with Gasteiger partial charge in [0.1, 0.15) is 6.54 Å². The zero-order valence-electron chi connectivity index (χ0n) is 19.0. The second-order valence-electron chi connectivity index (χ2n) is 9.21. The number of fused-ring (bicyclic) bond motifs is 1. The Morgan fingerprint density at radius 1 is 0.848 bits per heavy atom. The maximum atomic E-state index is 13.3. The van der Waals surface area contributed by atoms with E-state index in [1.165, 1.54) is 0 Å². The number of amides is 2. The van der Waals surface area contributed by atoms with Crippen LogP contribution in [0.4, 0.5) is 0 Å². The van der Waals surface area contributed by atoms with Gasteiger partial charge in [0.2, 0.25) is 5.91 Å². The Morgan fingerprint density at radius 2 is 1.52 bits per heavy atom. The van der Waals surface area contributed by atoms with E-state index in [2.05, 4.69) is 0 Å². The standard InChI is InChI=1S/C25H31N3O5/c29-22(26-11-5-1-2-6-12-26)18-28-17-20(19-7-3-4-8-21(19)28)23(30)24(31)27-13-9-25(10-14-27)32-15-16-33-25/h3-4,7-8,17H,1-2,5-6,9-16,18H2. The van der Waals surface area contributed by atoms with Crippen molar-refractivity contribution in [3.63, 3.8) is 0 Å². The number of carbonyl (C=O) groups excluding carboxylic acids is 3. The minimum Gasteiger partial charge on any atom is -0.347 e. The van der Waals surface area contributed by atoms with Crippen LogP contribution in [0.5, 0.6) is 0 Å². The van der Waals surface area contributed by atoms with Gasteiger partial charge in [-0.25, -0.2) is 0 Å². The number of para-hydroxylation sites is 1. The summed E-state index contributed by atoms with van der Waals surface area (Å²) in [5.41, 5.74) is 1.15. The van der Waals surface area contributed by atoms with Crippen LogP contribution in [0.25, 0.3) is 10.9 Å². The van der Waals surface area contributed by atoms with Gasteiger partial charge in [-0.3, -0.25) is 14.4 Å². The molecular formula is C25H31N3O5. The highest BCUT2D eigenvalue weighted by molar-refractivity contribution is 6.44. The SMILES string of the molecule is O=C(C(=O)N1CCC2(CC1)OCCO2)c1cn(CC(=O)N2CCCCCC2)c2ccccc12. The molecule has 0 bridgehead atoms. The third-order valence-corrected chi connectivity index (χ3v) is 7.12. The number of hydrogen-bond donors (Lipinski definition) is 0. The predicted octanol–water partition coefficient (Wildman–Crippen LogP) is 2.59. The topological polar surface area (TPSA) is 81.1 Å². The van der Waals surface area contributed by atoms with E-state index >= 15 is 0 Å². The van der Waals surface area contributed by atoms with Crippen molar-refractivity contribution in [2.24, 2.45) is 0 Å². The van der Waals surface area contributed by atoms with Crippen molar-refractivity contribution in [3.8, 4) is 0 Å². The summed E-state index contributed by atoms with van der Waals surface area (Å²) in [5, 5.41) is 0.704. The molecule has 3 aliphatic heterocycles. The normalized spacial score (nSPS) is 20.8. The van der Waals surface area contributed by atoms with E-state index < -0.39 is 17.5 Å². The Hall–Kier alpha value is -2.71. The molecule has 5 rings (SSSR count). The zero-order chi connectivity index (χ0) is 22.8. The van der Waals surface area contributed by atoms with Gasteiger partial charge in [-0.15, -0.1) is 0 Å². The zero-order valence-corrected chi connectivity index (χ0v) is 19.0. The van der Waals surface area contributed by atoms with Crippen LogP contribution < -0.4 is 0 Å². The molecule has 2 aromatic rings. The lowest BCUT2D eigenvalue weighted by atomic mass is 10.0. The molecule has 1 spiro atoms. The summed E-state index contributed by atoms with van der Waals surface area (Å²) in [7, 11) is 0. The van der Waals surface area contributed by atoms with Crippen LogP contribution >= 0.6 is 0 Å². The molecule has 3 fully saturated rings. The first kappa shape index (κ1) is 22.1. The minimum atomic E-state index is -0.594. The quantitative estimate of drug-likeness (QED) is 0.525. The van der Waals surface area contributed by atoms with Crippen LogP contribution in [0.1, 0.15) is 48.9 Å². The molecule has 1 aromatic carbocycles. The van der Waals surface area contributed by atoms with Crippen LogP contribution in [-0.2, 0) is 25.6 Å². The molecular weight excluding hydrogens is 422 g/mol. The number of carbonyl (C=O) groups is 3. The Labute approximate surface area is 193 Å². The summed E-state index contributed by atoms with van der Waals surface area (Å²) in [6.07, 6.45) is 7.19. The second-order valence-corrected chi connectivity index (χ2v) is 9.21. The van der Waals surface area contributed by atoms with Crippen molar-refractivity contribution in [3.05, 3.63) is 36.0 Å². The fraction of sp³-hybridized carbons (Fsp3) is 0.560. The molecule has 8 nitrogen and oxygen atoms in total. The Kier molecular flexibility index (Phi) is 6.21. The van der Waals surface area contributed by atoms with E-state index in [4.69, 9.17) is 9.47 Å². The molecule has 0 N–H and O–H groups in total. The van der Waals surface area contributed by atoms with Gasteiger partial charge in [0.05, 0.1) is 18.8 Å². The number of likely N-dealkylation sites (tertiary alicyclic amines) is 2. The van der Waals surface area contributed by atoms with E-state index in [9.17, 15) is 14.4 Å². The van der Waals surface area contributed by atoms with Gasteiger partial charge in [0.15, 0.2) is 5.79 Å². The number of hydrogen-bond acceptors (Lipinski definition) is 5. The van der Waals surface area contributed by atoms with Gasteiger partial charge < -0.3 is 23.8 Å². The second kappa shape index (κ2) is 9.27. The number of benzene rings is 1. The van der Waals surface area contributed by atoms with E-state index in [1.807, 2.05) is 33.7 Å². The van der Waals surface area contributed by atoms with Crippen molar-refractivity contribution >= 4 is 28.5 Å². The minimum absolute atomic E-state index is 0.0564. The fourth-order valence-corrected chi connectivity index (χ4v) is 5.22. The molecule has 8 heteroatoms. The van der Waals surface area contributed by atoms with Gasteiger partial charge in [-0.2, -0.15) is 0 Å². The highest BCUT2D eigenvalue weighted by Gasteiger charge is 2.42. The summed E-state index contributed by atoms with van der Waals surface area (Å²) in [6, 6.07) is 7.47. The van der Waals surface area contributed by atoms with Gasteiger partial charge in [0, 0.05) is 56.1 Å². The first-order chi connectivity index (χ1) is 16.1. The summed E-state index contributed by atoms with van der Waals surface area (Å²) in [5.74, 6) is -1.58. The van der Waals surface area contributed by atoms with Crippen molar-refractivity contribution in [2.75, 3.05) is 39.4 Å². The number of nitrogens with zero attached hydrogens (tertiary/aromatic N) is 3. The fourth-order valence-electron chi connectivity index (χ4n) is 5.22. The molecule has 0 radical (unpaired) electrons. The molecule has 176 valence electrons. The lowest BCUT2D eigenvalue weighted by Gasteiger charge is -2.37. The summed E-state index contributed by atoms with van der Waals surface area (Å²) >= 11 is 0. The number of Topliss-reactive ketones (excluding diaryl/α,β-unsaturated/α-hetero) is 1. The highest BCUT2D eigenvalue weighted by atomic mass is 16.7. The smallest absolute Gasteiger partial charge is 0.295 e. The lowest BCUT2D eigenvalue weighted by Crippen LogP contribution is -2.49. The van der Waals surface area contributed by atoms with Crippen molar-refractivity contribution in [1.82, 2.24) is 14.4 Å². The number of aromatic nitrogens is 1. The average Bonchev–Trinajstić information content (AvgIpc) is 3.33. The highest BCUT2D eigenvalue weighted by Crippen LogP contribution is 2.32. The largest absolute Gasteiger partial charge is 0.347 e. The Morgan fingerprint density at radius 3 is 2.21 bits per heavy atom. The van der Waals surface area contributed by atoms with Crippen LogP contribution in [0.15, 0.2) is 30.5 Å². The molecule has 4 heterocycles. The molecule has 0 atom stereocenters. The van der Waals surface area contributed by atoms with Crippen LogP contribution in [0.2, 0.25) is 0 Å². The Bertz CT molecular complexity index is 1040. The molecule has 0 aliphatic carbocycles. The Balaban J connectivity index is 1.33. The van der Waals surface area contributed by atoms with Crippen molar-refractivity contribution in [2.45, 2.75) is 50.9 Å². The van der Waals surface area contributed by atoms with E-state index in [0.29, 0.717) is 50.1 Å². The first-order valence-corrected chi connectivity index (χ1v) is 12.0. The third kappa shape index (κ3) is 4.42. The molecule has 3 saturated heterocycles. The van der Waals surface area contributed by atoms with E-state index in [-0.39, 0.29) is 12.5 Å². The summed E-state index contributed by atoms with van der Waals surface area (Å²) in [6.45, 7) is 3.74. The average molecular weight is 454 g/mol. The molecule has 0 unspecified atom stereocenters. The van der Waals surface area contributed by atoms with Crippen molar-refractivity contribution in [1.29, 1.82) is 0 Å². The maximum Gasteiger partial charge on any atom is 0.295 e. The monoisotopic (exact) mass is 453 g/mol. The number of ketones is 1.